The number of benzene rings is 1. The fourth-order valence-corrected chi connectivity index (χ4v) is 2.65. The van der Waals surface area contributed by atoms with Gasteiger partial charge in [-0.15, -0.1) is 0 Å². The van der Waals surface area contributed by atoms with Gasteiger partial charge in [0.15, 0.2) is 0 Å². The van der Waals surface area contributed by atoms with Crippen molar-refractivity contribution >= 4 is 27.5 Å². The molecule has 0 aliphatic heterocycles. The highest BCUT2D eigenvalue weighted by atomic mass is 79.9. The van der Waals surface area contributed by atoms with Crippen molar-refractivity contribution in [2.45, 2.75) is 18.9 Å². The zero-order valence-corrected chi connectivity index (χ0v) is 12.2. The van der Waals surface area contributed by atoms with Gasteiger partial charge < -0.3 is 5.11 Å². The Labute approximate surface area is 120 Å². The zero-order chi connectivity index (χ0) is 13.1. The van der Waals surface area contributed by atoms with Gasteiger partial charge in [0.2, 0.25) is 0 Å². The van der Waals surface area contributed by atoms with Crippen LogP contribution in [0, 0.1) is 0 Å². The molecule has 2 unspecified atom stereocenters. The van der Waals surface area contributed by atoms with Gasteiger partial charge in [0, 0.05) is 27.8 Å². The third-order valence-corrected chi connectivity index (χ3v) is 3.81. The van der Waals surface area contributed by atoms with Crippen molar-refractivity contribution in [1.29, 1.82) is 0 Å². The Morgan fingerprint density at radius 1 is 1.22 bits per heavy atom. The van der Waals surface area contributed by atoms with E-state index in [1.54, 1.807) is 18.5 Å². The van der Waals surface area contributed by atoms with Gasteiger partial charge in [0.1, 0.15) is 0 Å². The lowest BCUT2D eigenvalue weighted by Crippen LogP contribution is -2.08. The molecule has 0 bridgehead atoms. The second-order valence-corrected chi connectivity index (χ2v) is 5.50. The molecular formula is C14H13BrClNO. The highest BCUT2D eigenvalue weighted by molar-refractivity contribution is 9.10. The molecule has 0 radical (unpaired) electrons. The van der Waals surface area contributed by atoms with Crippen molar-refractivity contribution in [2.75, 3.05) is 0 Å². The lowest BCUT2D eigenvalue weighted by Gasteiger charge is -2.20. The summed E-state index contributed by atoms with van der Waals surface area (Å²) in [5.41, 5.74) is 1.78. The van der Waals surface area contributed by atoms with Crippen LogP contribution in [0.2, 0.25) is 5.02 Å². The first kappa shape index (κ1) is 13.5. The lowest BCUT2D eigenvalue weighted by molar-refractivity contribution is 0.151. The molecule has 0 saturated carbocycles. The van der Waals surface area contributed by atoms with Crippen LogP contribution >= 0.6 is 27.5 Å². The first-order valence-corrected chi connectivity index (χ1v) is 6.79. The molecule has 0 aliphatic rings. The van der Waals surface area contributed by atoms with Crippen molar-refractivity contribution in [2.24, 2.45) is 0 Å². The van der Waals surface area contributed by atoms with E-state index in [4.69, 9.17) is 11.6 Å². The summed E-state index contributed by atoms with van der Waals surface area (Å²) >= 11 is 9.51. The molecule has 0 spiro atoms. The molecule has 1 heterocycles. The van der Waals surface area contributed by atoms with E-state index >= 15 is 0 Å². The largest absolute Gasteiger partial charge is 0.388 e. The number of rotatable bonds is 3. The fourth-order valence-electron chi connectivity index (χ4n) is 1.86. The predicted octanol–water partition coefficient (Wildman–Crippen LogP) is 4.33. The van der Waals surface area contributed by atoms with Gasteiger partial charge in [-0.05, 0) is 35.4 Å². The number of pyridine rings is 1. The van der Waals surface area contributed by atoms with Crippen LogP contribution in [0.4, 0.5) is 0 Å². The Bertz CT molecular complexity index is 533. The van der Waals surface area contributed by atoms with Crippen molar-refractivity contribution < 1.29 is 5.11 Å². The van der Waals surface area contributed by atoms with Crippen molar-refractivity contribution in [3.8, 4) is 0 Å². The quantitative estimate of drug-likeness (QED) is 0.910. The third-order valence-electron chi connectivity index (χ3n) is 2.99. The average Bonchev–Trinajstić information content (AvgIpc) is 2.38. The molecule has 2 aromatic rings. The SMILES string of the molecule is CC(c1ccncc1)C(O)c1ccc(Br)cc1Cl. The number of hydrogen-bond acceptors (Lipinski definition) is 2. The van der Waals surface area contributed by atoms with E-state index in [-0.39, 0.29) is 5.92 Å². The molecule has 2 nitrogen and oxygen atoms in total. The number of halogens is 2. The molecule has 0 amide bonds. The normalized spacial score (nSPS) is 14.2. The van der Waals surface area contributed by atoms with Crippen LogP contribution in [-0.4, -0.2) is 10.1 Å². The molecule has 2 rings (SSSR count). The van der Waals surface area contributed by atoms with Crippen LogP contribution in [0.25, 0.3) is 0 Å². The number of aliphatic hydroxyl groups is 1. The second-order valence-electron chi connectivity index (χ2n) is 4.18. The number of aromatic nitrogens is 1. The molecule has 0 saturated heterocycles. The maximum atomic E-state index is 10.4. The van der Waals surface area contributed by atoms with Crippen LogP contribution in [0.5, 0.6) is 0 Å². The minimum Gasteiger partial charge on any atom is -0.388 e. The van der Waals surface area contributed by atoms with Crippen LogP contribution < -0.4 is 0 Å². The standard InChI is InChI=1S/C14H13BrClNO/c1-9(10-4-6-17-7-5-10)14(18)12-3-2-11(15)8-13(12)16/h2-9,14,18H,1H3. The first-order chi connectivity index (χ1) is 8.59. The maximum absolute atomic E-state index is 10.4. The van der Waals surface area contributed by atoms with E-state index in [2.05, 4.69) is 20.9 Å². The Kier molecular flexibility index (Phi) is 4.38. The molecule has 1 N–H and O–H groups in total. The number of aliphatic hydroxyl groups excluding tert-OH is 1. The Morgan fingerprint density at radius 2 is 1.89 bits per heavy atom. The van der Waals surface area contributed by atoms with E-state index in [1.807, 2.05) is 31.2 Å². The van der Waals surface area contributed by atoms with E-state index < -0.39 is 6.10 Å². The molecule has 4 heteroatoms. The first-order valence-electron chi connectivity index (χ1n) is 5.62. The van der Waals surface area contributed by atoms with Crippen LogP contribution in [0.15, 0.2) is 47.2 Å². The third kappa shape index (κ3) is 2.91. The fraction of sp³-hybridized carbons (Fsp3) is 0.214. The Balaban J connectivity index is 2.28. The molecule has 1 aromatic carbocycles. The molecule has 94 valence electrons. The number of hydrogen-bond donors (Lipinski definition) is 1. The molecule has 2 atom stereocenters. The van der Waals surface area contributed by atoms with E-state index in [1.165, 1.54) is 0 Å². The topological polar surface area (TPSA) is 33.1 Å². The maximum Gasteiger partial charge on any atom is 0.0870 e. The monoisotopic (exact) mass is 325 g/mol. The average molecular weight is 327 g/mol. The van der Waals surface area contributed by atoms with Gasteiger partial charge in [-0.3, -0.25) is 4.98 Å². The number of nitrogens with zero attached hydrogens (tertiary/aromatic N) is 1. The molecule has 1 aromatic heterocycles. The summed E-state index contributed by atoms with van der Waals surface area (Å²) in [5.74, 6) is -0.0355. The van der Waals surface area contributed by atoms with E-state index in [0.29, 0.717) is 5.02 Å². The van der Waals surface area contributed by atoms with E-state index in [0.717, 1.165) is 15.6 Å². The van der Waals surface area contributed by atoms with Gasteiger partial charge in [0.05, 0.1) is 6.10 Å². The molecule has 0 fully saturated rings. The van der Waals surface area contributed by atoms with Gasteiger partial charge >= 0.3 is 0 Å². The molecule has 0 aliphatic carbocycles. The predicted molar refractivity (Wildman–Crippen MR) is 76.8 cm³/mol. The Morgan fingerprint density at radius 3 is 2.50 bits per heavy atom. The summed E-state index contributed by atoms with van der Waals surface area (Å²) in [6.45, 7) is 1.97. The van der Waals surface area contributed by atoms with Gasteiger partial charge in [-0.1, -0.05) is 40.5 Å². The van der Waals surface area contributed by atoms with Gasteiger partial charge in [-0.2, -0.15) is 0 Å². The minimum atomic E-state index is -0.631. The zero-order valence-electron chi connectivity index (χ0n) is 9.85. The summed E-state index contributed by atoms with van der Waals surface area (Å²) in [5, 5.41) is 11.0. The van der Waals surface area contributed by atoms with Gasteiger partial charge in [0.25, 0.3) is 0 Å². The van der Waals surface area contributed by atoms with Gasteiger partial charge in [-0.25, -0.2) is 0 Å². The van der Waals surface area contributed by atoms with Crippen molar-refractivity contribution in [3.05, 3.63) is 63.3 Å². The van der Waals surface area contributed by atoms with Crippen molar-refractivity contribution in [1.82, 2.24) is 4.98 Å². The highest BCUT2D eigenvalue weighted by Crippen LogP contribution is 2.35. The summed E-state index contributed by atoms with van der Waals surface area (Å²) in [6, 6.07) is 9.32. The summed E-state index contributed by atoms with van der Waals surface area (Å²) in [6.07, 6.45) is 2.82. The van der Waals surface area contributed by atoms with Crippen LogP contribution in [0.3, 0.4) is 0 Å². The van der Waals surface area contributed by atoms with Crippen LogP contribution in [-0.2, 0) is 0 Å². The lowest BCUT2D eigenvalue weighted by atomic mass is 9.91. The molecular weight excluding hydrogens is 314 g/mol. The molecule has 18 heavy (non-hydrogen) atoms. The summed E-state index contributed by atoms with van der Waals surface area (Å²) < 4.78 is 0.903. The smallest absolute Gasteiger partial charge is 0.0870 e. The second kappa shape index (κ2) is 5.83. The van der Waals surface area contributed by atoms with E-state index in [9.17, 15) is 5.11 Å². The Hall–Kier alpha value is -0.900. The highest BCUT2D eigenvalue weighted by Gasteiger charge is 2.20. The minimum absolute atomic E-state index is 0.0355. The van der Waals surface area contributed by atoms with Crippen molar-refractivity contribution in [3.63, 3.8) is 0 Å². The summed E-state index contributed by atoms with van der Waals surface area (Å²) in [7, 11) is 0. The van der Waals surface area contributed by atoms with Crippen LogP contribution in [0.1, 0.15) is 30.1 Å². The summed E-state index contributed by atoms with van der Waals surface area (Å²) in [4.78, 5) is 3.98.